The maximum absolute atomic E-state index is 14.6. The monoisotopic (exact) mass is 672 g/mol. The number of esters is 1. The normalized spacial score (nSPS) is 17.3. The summed E-state index contributed by atoms with van der Waals surface area (Å²) in [5, 5.41) is -8.09. The van der Waals surface area contributed by atoms with Gasteiger partial charge in [-0.2, -0.15) is 83.1 Å². The third-order valence-corrected chi connectivity index (χ3v) is 6.91. The Kier molecular flexibility index (Phi) is 10.3. The largest absolute Gasteiger partial charge is 0.467 e. The van der Waals surface area contributed by atoms with Gasteiger partial charge in [0.2, 0.25) is 0 Å². The van der Waals surface area contributed by atoms with Gasteiger partial charge in [0, 0.05) is 8.59 Å². The summed E-state index contributed by atoms with van der Waals surface area (Å²) in [5.74, 6) is -54.6. The number of hydrogen-bond donors (Lipinski definition) is 0. The SMILES string of the molecule is CCCCOC(=O)C(C)=C[N+](C)(F)S(=O)(=O)C(F)(F)C(F)(F)C(F)(F)C(F)(F)C(F)(F)C(F)(F)C(F)(F)C(F)(F)F. The summed E-state index contributed by atoms with van der Waals surface area (Å²) in [7, 11) is -8.95. The zero-order valence-electron chi connectivity index (χ0n) is 20.0. The fourth-order valence-corrected chi connectivity index (χ4v) is 3.62. The second-order valence-corrected chi connectivity index (χ2v) is 10.3. The number of ether oxygens (including phenoxy) is 1. The van der Waals surface area contributed by atoms with Gasteiger partial charge in [-0.3, -0.25) is 0 Å². The average molecular weight is 672 g/mol. The Bertz CT molecular complexity index is 1110. The van der Waals surface area contributed by atoms with Gasteiger partial charge in [0.15, 0.2) is 6.20 Å². The molecule has 244 valence electrons. The molecule has 0 aromatic rings. The van der Waals surface area contributed by atoms with Crippen molar-refractivity contribution in [1.29, 1.82) is 0 Å². The van der Waals surface area contributed by atoms with Crippen molar-refractivity contribution in [3.63, 3.8) is 0 Å². The molecule has 0 heterocycles. The van der Waals surface area contributed by atoms with E-state index in [1.807, 2.05) is 0 Å². The zero-order valence-corrected chi connectivity index (χ0v) is 20.8. The Morgan fingerprint density at radius 3 is 1.39 bits per heavy atom. The topological polar surface area (TPSA) is 60.4 Å². The molecule has 0 bridgehead atoms. The molecule has 0 aliphatic heterocycles. The van der Waals surface area contributed by atoms with Crippen LogP contribution in [-0.2, 0) is 19.6 Å². The van der Waals surface area contributed by atoms with Gasteiger partial charge in [0.1, 0.15) is 7.05 Å². The molecule has 0 aromatic carbocycles. The zero-order chi connectivity index (χ0) is 33.7. The van der Waals surface area contributed by atoms with E-state index in [4.69, 9.17) is 0 Å². The second-order valence-electron chi connectivity index (χ2n) is 8.12. The standard InChI is InChI=1S/C17H16F18NO4S/c1-4-5-6-40-9(37)8(2)7-36(3,35)41(38,39)17(33,34)15(28,29)13(24,25)11(20,21)10(18,19)12(22,23)14(26,27)16(30,31)32/h7H,4-6H2,1-3H3/q+1. The number of hydrogen-bond acceptors (Lipinski definition) is 4. The smallest absolute Gasteiger partial charge is 0.462 e. The molecule has 0 saturated carbocycles. The lowest BCUT2D eigenvalue weighted by atomic mass is 9.91. The highest BCUT2D eigenvalue weighted by atomic mass is 32.2. The molecule has 0 fully saturated rings. The van der Waals surface area contributed by atoms with Crippen molar-refractivity contribution < 1.29 is 101 Å². The molecule has 0 N–H and O–H groups in total. The minimum absolute atomic E-state index is 0.0885. The first kappa shape index (κ1) is 38.9. The number of carbonyl (C=O) groups excluding carboxylic acids is 1. The van der Waals surface area contributed by atoms with Crippen molar-refractivity contribution in [2.45, 2.75) is 73.7 Å². The average Bonchev–Trinajstić information content (AvgIpc) is 2.76. The van der Waals surface area contributed by atoms with E-state index in [0.717, 1.165) is 0 Å². The lowest BCUT2D eigenvalue weighted by molar-refractivity contribution is -0.888. The van der Waals surface area contributed by atoms with Crippen molar-refractivity contribution in [3.05, 3.63) is 11.8 Å². The van der Waals surface area contributed by atoms with E-state index in [-0.39, 0.29) is 6.42 Å². The van der Waals surface area contributed by atoms with Crippen LogP contribution in [0.1, 0.15) is 26.7 Å². The summed E-state index contributed by atoms with van der Waals surface area (Å²) >= 11 is 0. The highest BCUT2D eigenvalue weighted by Gasteiger charge is 2.97. The summed E-state index contributed by atoms with van der Waals surface area (Å²) in [6.45, 7) is 1.38. The molecule has 41 heavy (non-hydrogen) atoms. The molecule has 0 aliphatic rings. The summed E-state index contributed by atoms with van der Waals surface area (Å²) in [4.78, 5) is 11.6. The highest BCUT2D eigenvalue weighted by Crippen LogP contribution is 2.64. The van der Waals surface area contributed by atoms with Crippen molar-refractivity contribution in [2.75, 3.05) is 13.7 Å². The van der Waals surface area contributed by atoms with Crippen LogP contribution in [0.3, 0.4) is 0 Å². The van der Waals surface area contributed by atoms with E-state index in [0.29, 0.717) is 13.3 Å². The third kappa shape index (κ3) is 5.65. The van der Waals surface area contributed by atoms with Crippen LogP contribution in [0.2, 0.25) is 0 Å². The number of quaternary nitrogens is 1. The molecule has 0 radical (unpaired) electrons. The maximum atomic E-state index is 14.6. The van der Waals surface area contributed by atoms with Crippen LogP contribution in [0, 0.1) is 0 Å². The number of alkyl halides is 17. The summed E-state index contributed by atoms with van der Waals surface area (Å²) < 4.78 is 265. The number of unbranched alkanes of at least 4 members (excludes halogenated alkanes) is 1. The fraction of sp³-hybridized carbons (Fsp3) is 0.824. The minimum Gasteiger partial charge on any atom is -0.462 e. The van der Waals surface area contributed by atoms with Gasteiger partial charge in [-0.05, 0) is 13.3 Å². The van der Waals surface area contributed by atoms with E-state index in [9.17, 15) is 92.3 Å². The number of carbonyl (C=O) groups is 1. The van der Waals surface area contributed by atoms with Crippen molar-refractivity contribution in [1.82, 2.24) is 0 Å². The first-order valence-electron chi connectivity index (χ1n) is 10.00. The van der Waals surface area contributed by atoms with Gasteiger partial charge in [-0.1, -0.05) is 13.3 Å². The Labute approximate surface area is 217 Å². The van der Waals surface area contributed by atoms with Crippen LogP contribution in [0.4, 0.5) is 79.1 Å². The van der Waals surface area contributed by atoms with Gasteiger partial charge in [-0.25, -0.2) is 4.79 Å². The molecule has 1 atom stereocenters. The third-order valence-electron chi connectivity index (χ3n) is 4.96. The number of halogens is 18. The lowest BCUT2D eigenvalue weighted by Gasteiger charge is -2.42. The van der Waals surface area contributed by atoms with Crippen LogP contribution in [-0.4, -0.2) is 79.1 Å². The van der Waals surface area contributed by atoms with Crippen LogP contribution < -0.4 is 0 Å². The molecule has 0 amide bonds. The lowest BCUT2D eigenvalue weighted by Crippen LogP contribution is -2.75. The Morgan fingerprint density at radius 2 is 1.05 bits per heavy atom. The molecule has 5 nitrogen and oxygen atoms in total. The van der Waals surface area contributed by atoms with Crippen LogP contribution in [0.5, 0.6) is 0 Å². The predicted molar refractivity (Wildman–Crippen MR) is 96.5 cm³/mol. The van der Waals surface area contributed by atoms with E-state index in [1.165, 1.54) is 6.92 Å². The van der Waals surface area contributed by atoms with E-state index in [2.05, 4.69) is 4.74 Å². The summed E-state index contributed by atoms with van der Waals surface area (Å²) in [6.07, 6.45) is -8.42. The van der Waals surface area contributed by atoms with Gasteiger partial charge in [-0.15, -0.1) is 0 Å². The quantitative estimate of drug-likeness (QED) is 0.0706. The van der Waals surface area contributed by atoms with Crippen LogP contribution in [0.15, 0.2) is 11.8 Å². The maximum Gasteiger partial charge on any atom is 0.467 e. The van der Waals surface area contributed by atoms with Gasteiger partial charge in [0.25, 0.3) is 0 Å². The van der Waals surface area contributed by atoms with Gasteiger partial charge < -0.3 is 4.74 Å². The van der Waals surface area contributed by atoms with Crippen molar-refractivity contribution >= 4 is 16.0 Å². The number of sulfonamides is 1. The predicted octanol–water partition coefficient (Wildman–Crippen LogP) is 6.86. The van der Waals surface area contributed by atoms with Gasteiger partial charge >= 0.3 is 63.0 Å². The molecule has 0 aliphatic carbocycles. The molecule has 0 saturated heterocycles. The Morgan fingerprint density at radius 1 is 0.707 bits per heavy atom. The first-order valence-corrected chi connectivity index (χ1v) is 11.4. The van der Waals surface area contributed by atoms with Crippen LogP contribution in [0.25, 0.3) is 0 Å². The number of nitrogens with zero attached hydrogens (tertiary/aromatic N) is 1. The molecular weight excluding hydrogens is 656 g/mol. The molecule has 0 aromatic heterocycles. The fourth-order valence-electron chi connectivity index (χ4n) is 2.43. The summed E-state index contributed by atoms with van der Waals surface area (Å²) in [6, 6.07) is 0. The van der Waals surface area contributed by atoms with Crippen LogP contribution >= 0.6 is 0 Å². The summed E-state index contributed by atoms with van der Waals surface area (Å²) in [5.41, 5.74) is -1.40. The second kappa shape index (κ2) is 10.8. The Balaban J connectivity index is 7.01. The molecular formula is C17H16F18NO4S+. The van der Waals surface area contributed by atoms with Gasteiger partial charge in [0.05, 0.1) is 12.2 Å². The highest BCUT2D eigenvalue weighted by molar-refractivity contribution is 7.87. The number of rotatable bonds is 13. The first-order chi connectivity index (χ1) is 17.6. The van der Waals surface area contributed by atoms with E-state index >= 15 is 0 Å². The Hall–Kier alpha value is -2.14. The van der Waals surface area contributed by atoms with E-state index in [1.54, 1.807) is 0 Å². The molecule has 24 heteroatoms. The van der Waals surface area contributed by atoms with E-state index < -0.39 is 92.5 Å². The minimum atomic E-state index is -9.05. The van der Waals surface area contributed by atoms with Crippen molar-refractivity contribution in [3.8, 4) is 0 Å². The molecule has 0 rings (SSSR count). The molecule has 1 unspecified atom stereocenters. The van der Waals surface area contributed by atoms with Crippen molar-refractivity contribution in [2.24, 2.45) is 0 Å². The molecule has 0 spiro atoms.